The molecule has 0 saturated carbocycles. The van der Waals surface area contributed by atoms with Crippen molar-refractivity contribution in [2.75, 3.05) is 0 Å². The molecule has 66 valence electrons. The van der Waals surface area contributed by atoms with Crippen LogP contribution in [0.2, 0.25) is 0 Å². The molecule has 0 spiro atoms. The molecule has 0 aliphatic rings. The summed E-state index contributed by atoms with van der Waals surface area (Å²) in [6.45, 7) is 3.18. The van der Waals surface area contributed by atoms with Crippen LogP contribution in [0.15, 0.2) is 30.3 Å². The van der Waals surface area contributed by atoms with Gasteiger partial charge >= 0.3 is 0 Å². The lowest BCUT2D eigenvalue weighted by Crippen LogP contribution is -2.41. The third kappa shape index (κ3) is 1.64. The Hall–Kier alpha value is -0.890. The van der Waals surface area contributed by atoms with Gasteiger partial charge in [-0.2, -0.15) is 0 Å². The van der Waals surface area contributed by atoms with E-state index in [2.05, 4.69) is 0 Å². The van der Waals surface area contributed by atoms with E-state index in [1.807, 2.05) is 30.3 Å². The van der Waals surface area contributed by atoms with Crippen LogP contribution in [0.5, 0.6) is 0 Å². The van der Waals surface area contributed by atoms with Crippen LogP contribution < -0.4 is 5.73 Å². The molecule has 1 aromatic carbocycles. The molecule has 2 N–H and O–H groups in total. The maximum absolute atomic E-state index is 13.0. The molecule has 0 heterocycles. The quantitative estimate of drug-likeness (QED) is 0.718. The van der Waals surface area contributed by atoms with E-state index in [1.54, 1.807) is 6.92 Å². The molecule has 2 atom stereocenters. The van der Waals surface area contributed by atoms with Crippen LogP contribution in [-0.2, 0) is 5.54 Å². The maximum Gasteiger partial charge on any atom is 0.119 e. The summed E-state index contributed by atoms with van der Waals surface area (Å²) in [5.41, 5.74) is 5.77. The minimum absolute atomic E-state index is 0.833. The molecule has 0 radical (unpaired) electrons. The van der Waals surface area contributed by atoms with Gasteiger partial charge in [0.25, 0.3) is 0 Å². The van der Waals surface area contributed by atoms with Gasteiger partial charge in [-0.3, -0.25) is 0 Å². The first kappa shape index (κ1) is 9.20. The zero-order valence-electron chi connectivity index (χ0n) is 7.42. The molecule has 1 aromatic rings. The first-order valence-corrected chi connectivity index (χ1v) is 4.03. The van der Waals surface area contributed by atoms with E-state index in [-0.39, 0.29) is 0 Å². The van der Waals surface area contributed by atoms with Crippen LogP contribution in [0.1, 0.15) is 19.4 Å². The van der Waals surface area contributed by atoms with Crippen molar-refractivity contribution in [3.63, 3.8) is 0 Å². The van der Waals surface area contributed by atoms with Crippen molar-refractivity contribution in [1.29, 1.82) is 0 Å². The molecule has 1 rings (SSSR count). The van der Waals surface area contributed by atoms with Crippen molar-refractivity contribution in [1.82, 2.24) is 0 Å². The molecular formula is C10H14FN. The van der Waals surface area contributed by atoms with Crippen molar-refractivity contribution in [3.05, 3.63) is 35.9 Å². The Morgan fingerprint density at radius 2 is 1.83 bits per heavy atom. The van der Waals surface area contributed by atoms with Gasteiger partial charge in [-0.25, -0.2) is 4.39 Å². The van der Waals surface area contributed by atoms with Gasteiger partial charge in [0.1, 0.15) is 6.17 Å². The molecule has 0 unspecified atom stereocenters. The van der Waals surface area contributed by atoms with Gasteiger partial charge in [0.2, 0.25) is 0 Å². The van der Waals surface area contributed by atoms with Gasteiger partial charge in [0, 0.05) is 0 Å². The summed E-state index contributed by atoms with van der Waals surface area (Å²) in [6.07, 6.45) is -1.04. The first-order chi connectivity index (χ1) is 5.55. The van der Waals surface area contributed by atoms with Gasteiger partial charge in [-0.05, 0) is 19.4 Å². The van der Waals surface area contributed by atoms with Crippen LogP contribution in [-0.4, -0.2) is 6.17 Å². The van der Waals surface area contributed by atoms with E-state index in [9.17, 15) is 4.39 Å². The monoisotopic (exact) mass is 167 g/mol. The van der Waals surface area contributed by atoms with E-state index in [0.29, 0.717) is 0 Å². The number of alkyl halides is 1. The molecule has 12 heavy (non-hydrogen) atoms. The predicted octanol–water partition coefficient (Wildman–Crippen LogP) is 2.22. The van der Waals surface area contributed by atoms with Gasteiger partial charge in [0.05, 0.1) is 5.54 Å². The fourth-order valence-electron chi connectivity index (χ4n) is 1.03. The lowest BCUT2D eigenvalue weighted by Gasteiger charge is -2.26. The standard InChI is InChI=1S/C10H14FN/c1-8(11)10(2,12)9-6-4-3-5-7-9/h3-8H,12H2,1-2H3/t8-,10+/m1/s1. The Kier molecular flexibility index (Phi) is 2.48. The van der Waals surface area contributed by atoms with Gasteiger partial charge < -0.3 is 5.73 Å². The Morgan fingerprint density at radius 1 is 1.33 bits per heavy atom. The van der Waals surface area contributed by atoms with Crippen LogP contribution >= 0.6 is 0 Å². The van der Waals surface area contributed by atoms with Crippen molar-refractivity contribution < 1.29 is 4.39 Å². The Morgan fingerprint density at radius 3 is 2.25 bits per heavy atom. The molecule has 1 nitrogen and oxygen atoms in total. The third-order valence-corrected chi connectivity index (χ3v) is 2.22. The molecule has 0 amide bonds. The van der Waals surface area contributed by atoms with Crippen LogP contribution in [0.3, 0.4) is 0 Å². The number of hydrogen-bond acceptors (Lipinski definition) is 1. The summed E-state index contributed by atoms with van der Waals surface area (Å²) in [7, 11) is 0. The largest absolute Gasteiger partial charge is 0.319 e. The van der Waals surface area contributed by atoms with Crippen LogP contribution in [0, 0.1) is 0 Å². The van der Waals surface area contributed by atoms with Crippen molar-refractivity contribution in [2.24, 2.45) is 5.73 Å². The van der Waals surface area contributed by atoms with Crippen LogP contribution in [0.4, 0.5) is 4.39 Å². The highest BCUT2D eigenvalue weighted by Gasteiger charge is 2.27. The lowest BCUT2D eigenvalue weighted by molar-refractivity contribution is 0.225. The molecule has 0 bridgehead atoms. The Labute approximate surface area is 72.4 Å². The fourth-order valence-corrected chi connectivity index (χ4v) is 1.03. The highest BCUT2D eigenvalue weighted by molar-refractivity contribution is 5.24. The van der Waals surface area contributed by atoms with E-state index in [4.69, 9.17) is 5.73 Å². The average molecular weight is 167 g/mol. The van der Waals surface area contributed by atoms with E-state index >= 15 is 0 Å². The number of benzene rings is 1. The number of nitrogens with two attached hydrogens (primary N) is 1. The fraction of sp³-hybridized carbons (Fsp3) is 0.400. The van der Waals surface area contributed by atoms with Gasteiger partial charge in [0.15, 0.2) is 0 Å². The first-order valence-electron chi connectivity index (χ1n) is 4.03. The Balaban J connectivity index is 2.98. The molecule has 0 fully saturated rings. The molecule has 0 aliphatic heterocycles. The molecule has 0 aliphatic carbocycles. The normalized spacial score (nSPS) is 18.3. The zero-order valence-corrected chi connectivity index (χ0v) is 7.42. The maximum atomic E-state index is 13.0. The smallest absolute Gasteiger partial charge is 0.119 e. The zero-order chi connectivity index (χ0) is 9.19. The summed E-state index contributed by atoms with van der Waals surface area (Å²) >= 11 is 0. The molecule has 2 heteroatoms. The van der Waals surface area contributed by atoms with E-state index in [1.165, 1.54) is 6.92 Å². The summed E-state index contributed by atoms with van der Waals surface area (Å²) in [5.74, 6) is 0. The highest BCUT2D eigenvalue weighted by Crippen LogP contribution is 2.23. The number of halogens is 1. The minimum atomic E-state index is -1.04. The SMILES string of the molecule is C[C@@H](F)[C@](C)(N)c1ccccc1. The lowest BCUT2D eigenvalue weighted by atomic mass is 9.89. The molecule has 0 aromatic heterocycles. The van der Waals surface area contributed by atoms with Gasteiger partial charge in [-0.1, -0.05) is 30.3 Å². The Bertz CT molecular complexity index is 241. The van der Waals surface area contributed by atoms with Crippen LogP contribution in [0.25, 0.3) is 0 Å². The second-order valence-electron chi connectivity index (χ2n) is 3.26. The summed E-state index contributed by atoms with van der Waals surface area (Å²) < 4.78 is 13.0. The van der Waals surface area contributed by atoms with Crippen molar-refractivity contribution >= 4 is 0 Å². The minimum Gasteiger partial charge on any atom is -0.319 e. The third-order valence-electron chi connectivity index (χ3n) is 2.22. The van der Waals surface area contributed by atoms with Gasteiger partial charge in [-0.15, -0.1) is 0 Å². The molecule has 0 saturated heterocycles. The topological polar surface area (TPSA) is 26.0 Å². The van der Waals surface area contributed by atoms with Crippen molar-refractivity contribution in [3.8, 4) is 0 Å². The van der Waals surface area contributed by atoms with Crippen molar-refractivity contribution in [2.45, 2.75) is 25.6 Å². The summed E-state index contributed by atoms with van der Waals surface area (Å²) in [6, 6.07) is 9.31. The highest BCUT2D eigenvalue weighted by atomic mass is 19.1. The predicted molar refractivity (Wildman–Crippen MR) is 48.6 cm³/mol. The second kappa shape index (κ2) is 3.23. The van der Waals surface area contributed by atoms with E-state index < -0.39 is 11.7 Å². The summed E-state index contributed by atoms with van der Waals surface area (Å²) in [4.78, 5) is 0. The molecular weight excluding hydrogens is 153 g/mol. The second-order valence-corrected chi connectivity index (χ2v) is 3.26. The summed E-state index contributed by atoms with van der Waals surface area (Å²) in [5, 5.41) is 0. The number of rotatable bonds is 2. The average Bonchev–Trinajstić information content (AvgIpc) is 2.06. The van der Waals surface area contributed by atoms with E-state index in [0.717, 1.165) is 5.56 Å². The number of hydrogen-bond donors (Lipinski definition) is 1.